The first-order valence-corrected chi connectivity index (χ1v) is 8.56. The number of rotatable bonds is 4. The normalized spacial score (nSPS) is 16.8. The Morgan fingerprint density at radius 1 is 1.16 bits per heavy atom. The van der Waals surface area contributed by atoms with E-state index in [-0.39, 0.29) is 5.91 Å². The summed E-state index contributed by atoms with van der Waals surface area (Å²) in [4.78, 5) is 26.3. The van der Waals surface area contributed by atoms with Gasteiger partial charge in [-0.25, -0.2) is 4.79 Å². The summed E-state index contributed by atoms with van der Waals surface area (Å²) in [5, 5.41) is 6.05. The van der Waals surface area contributed by atoms with Gasteiger partial charge in [0.15, 0.2) is 0 Å². The van der Waals surface area contributed by atoms with Gasteiger partial charge in [-0.15, -0.1) is 0 Å². The van der Waals surface area contributed by atoms with Gasteiger partial charge in [-0.1, -0.05) is 41.4 Å². The van der Waals surface area contributed by atoms with Crippen molar-refractivity contribution in [3.63, 3.8) is 0 Å². The molecule has 2 aromatic rings. The van der Waals surface area contributed by atoms with Gasteiger partial charge in [-0.3, -0.25) is 4.79 Å². The van der Waals surface area contributed by atoms with E-state index in [4.69, 9.17) is 11.6 Å². The number of amides is 3. The van der Waals surface area contributed by atoms with Crippen molar-refractivity contribution in [2.75, 3.05) is 11.9 Å². The van der Waals surface area contributed by atoms with Crippen LogP contribution >= 0.6 is 11.6 Å². The topological polar surface area (TPSA) is 61.4 Å². The molecule has 1 aliphatic heterocycles. The minimum absolute atomic E-state index is 0.0492. The van der Waals surface area contributed by atoms with Crippen LogP contribution in [-0.4, -0.2) is 29.4 Å². The van der Waals surface area contributed by atoms with Crippen molar-refractivity contribution in [3.8, 4) is 0 Å². The molecule has 0 spiro atoms. The monoisotopic (exact) mass is 357 g/mol. The minimum Gasteiger partial charge on any atom is -0.336 e. The van der Waals surface area contributed by atoms with Crippen LogP contribution in [0.5, 0.6) is 0 Å². The highest BCUT2D eigenvalue weighted by molar-refractivity contribution is 6.30. The lowest BCUT2D eigenvalue weighted by atomic mass is 10.1. The summed E-state index contributed by atoms with van der Waals surface area (Å²) >= 11 is 5.82. The lowest BCUT2D eigenvalue weighted by molar-refractivity contribution is -0.129. The Kier molecular flexibility index (Phi) is 5.24. The van der Waals surface area contributed by atoms with Crippen LogP contribution in [0.15, 0.2) is 48.5 Å². The van der Waals surface area contributed by atoms with Crippen LogP contribution in [0.1, 0.15) is 17.5 Å². The molecule has 1 unspecified atom stereocenters. The number of hydrogen-bond acceptors (Lipinski definition) is 2. The summed E-state index contributed by atoms with van der Waals surface area (Å²) in [6, 6.07) is 14.0. The maximum atomic E-state index is 12.5. The number of nitrogens with zero attached hydrogens (tertiary/aromatic N) is 1. The van der Waals surface area contributed by atoms with Crippen molar-refractivity contribution in [3.05, 3.63) is 64.7 Å². The van der Waals surface area contributed by atoms with Crippen LogP contribution in [0.3, 0.4) is 0 Å². The van der Waals surface area contributed by atoms with E-state index in [1.165, 1.54) is 5.56 Å². The largest absolute Gasteiger partial charge is 0.336 e. The Balaban J connectivity index is 1.53. The molecule has 130 valence electrons. The van der Waals surface area contributed by atoms with E-state index in [0.29, 0.717) is 30.2 Å². The lowest BCUT2D eigenvalue weighted by Gasteiger charge is -2.17. The van der Waals surface area contributed by atoms with Gasteiger partial charge in [-0.05, 0) is 43.2 Å². The number of carbonyl (C=O) groups is 2. The van der Waals surface area contributed by atoms with Gasteiger partial charge in [0.25, 0.3) is 0 Å². The third-order valence-electron chi connectivity index (χ3n) is 4.20. The maximum absolute atomic E-state index is 12.5. The second-order valence-corrected chi connectivity index (χ2v) is 6.63. The molecule has 2 N–H and O–H groups in total. The highest BCUT2D eigenvalue weighted by atomic mass is 35.5. The van der Waals surface area contributed by atoms with Crippen molar-refractivity contribution in [2.24, 2.45) is 0 Å². The third-order valence-corrected chi connectivity index (χ3v) is 4.45. The molecule has 1 heterocycles. The van der Waals surface area contributed by atoms with Gasteiger partial charge in [-0.2, -0.15) is 0 Å². The van der Waals surface area contributed by atoms with Crippen LogP contribution in [0, 0.1) is 6.92 Å². The van der Waals surface area contributed by atoms with Crippen LogP contribution < -0.4 is 10.6 Å². The molecule has 0 aliphatic carbocycles. The van der Waals surface area contributed by atoms with E-state index in [1.807, 2.05) is 31.2 Å². The molecule has 0 bridgehead atoms. The standard InChI is InChI=1S/C19H20ClN3O2/c1-13-2-4-14(5-3-13)12-23-11-10-17(18(23)24)22-19(25)21-16-8-6-15(20)7-9-16/h2-9,17H,10-12H2,1H3,(H2,21,22,25). The first-order valence-electron chi connectivity index (χ1n) is 8.19. The SMILES string of the molecule is Cc1ccc(CN2CCC(NC(=O)Nc3ccc(Cl)cc3)C2=O)cc1. The summed E-state index contributed by atoms with van der Waals surface area (Å²) < 4.78 is 0. The van der Waals surface area contributed by atoms with Gasteiger partial charge in [0.1, 0.15) is 6.04 Å². The molecule has 6 heteroatoms. The zero-order valence-electron chi connectivity index (χ0n) is 14.0. The Labute approximate surface area is 152 Å². The predicted octanol–water partition coefficient (Wildman–Crippen LogP) is 3.57. The highest BCUT2D eigenvalue weighted by Gasteiger charge is 2.32. The number of nitrogens with one attached hydrogen (secondary N) is 2. The predicted molar refractivity (Wildman–Crippen MR) is 98.6 cm³/mol. The Morgan fingerprint density at radius 2 is 1.84 bits per heavy atom. The number of anilines is 1. The number of urea groups is 1. The average molecular weight is 358 g/mol. The van der Waals surface area contributed by atoms with Crippen molar-refractivity contribution in [1.29, 1.82) is 0 Å². The number of hydrogen-bond donors (Lipinski definition) is 2. The summed E-state index contributed by atoms with van der Waals surface area (Å²) in [7, 11) is 0. The number of carbonyl (C=O) groups excluding carboxylic acids is 2. The molecule has 3 rings (SSSR count). The lowest BCUT2D eigenvalue weighted by Crippen LogP contribution is -2.43. The van der Waals surface area contributed by atoms with Gasteiger partial charge < -0.3 is 15.5 Å². The maximum Gasteiger partial charge on any atom is 0.319 e. The fraction of sp³-hybridized carbons (Fsp3) is 0.263. The fourth-order valence-electron chi connectivity index (χ4n) is 2.80. The molecule has 25 heavy (non-hydrogen) atoms. The highest BCUT2D eigenvalue weighted by Crippen LogP contribution is 2.17. The van der Waals surface area contributed by atoms with Crippen LogP contribution in [0.25, 0.3) is 0 Å². The summed E-state index contributed by atoms with van der Waals surface area (Å²) in [5.41, 5.74) is 2.91. The number of likely N-dealkylation sites (tertiary alicyclic amines) is 1. The summed E-state index contributed by atoms with van der Waals surface area (Å²) in [6.07, 6.45) is 0.610. The van der Waals surface area contributed by atoms with Crippen LogP contribution in [-0.2, 0) is 11.3 Å². The second-order valence-electron chi connectivity index (χ2n) is 6.19. The van der Waals surface area contributed by atoms with E-state index in [9.17, 15) is 9.59 Å². The quantitative estimate of drug-likeness (QED) is 0.878. The van der Waals surface area contributed by atoms with E-state index in [2.05, 4.69) is 10.6 Å². The van der Waals surface area contributed by atoms with E-state index >= 15 is 0 Å². The molecular formula is C19H20ClN3O2. The van der Waals surface area contributed by atoms with E-state index < -0.39 is 12.1 Å². The number of benzene rings is 2. The Bertz CT molecular complexity index is 759. The van der Waals surface area contributed by atoms with Gasteiger partial charge in [0.05, 0.1) is 0 Å². The molecular weight excluding hydrogens is 338 g/mol. The zero-order valence-corrected chi connectivity index (χ0v) is 14.7. The van der Waals surface area contributed by atoms with Gasteiger partial charge in [0.2, 0.25) is 5.91 Å². The summed E-state index contributed by atoms with van der Waals surface area (Å²) in [5.74, 6) is -0.0492. The molecule has 1 saturated heterocycles. The smallest absolute Gasteiger partial charge is 0.319 e. The first kappa shape index (κ1) is 17.3. The molecule has 1 aliphatic rings. The van der Waals surface area contributed by atoms with Crippen molar-refractivity contribution in [1.82, 2.24) is 10.2 Å². The number of aryl methyl sites for hydroxylation is 1. The fourth-order valence-corrected chi connectivity index (χ4v) is 2.93. The van der Waals surface area contributed by atoms with Crippen LogP contribution in [0.2, 0.25) is 5.02 Å². The molecule has 0 aromatic heterocycles. The molecule has 0 radical (unpaired) electrons. The molecule has 1 atom stereocenters. The van der Waals surface area contributed by atoms with Gasteiger partial charge >= 0.3 is 6.03 Å². The van der Waals surface area contributed by atoms with Gasteiger partial charge in [0, 0.05) is 23.8 Å². The minimum atomic E-state index is -0.488. The molecule has 1 fully saturated rings. The third kappa shape index (κ3) is 4.51. The van der Waals surface area contributed by atoms with Crippen LogP contribution in [0.4, 0.5) is 10.5 Å². The molecule has 2 aromatic carbocycles. The second kappa shape index (κ2) is 7.57. The van der Waals surface area contributed by atoms with E-state index in [0.717, 1.165) is 5.56 Å². The Morgan fingerprint density at radius 3 is 2.52 bits per heavy atom. The zero-order chi connectivity index (χ0) is 17.8. The molecule has 3 amide bonds. The van der Waals surface area contributed by atoms with E-state index in [1.54, 1.807) is 29.2 Å². The summed E-state index contributed by atoms with van der Waals surface area (Å²) in [6.45, 7) is 3.23. The van der Waals surface area contributed by atoms with Crippen molar-refractivity contribution in [2.45, 2.75) is 25.9 Å². The van der Waals surface area contributed by atoms with Crippen molar-refractivity contribution < 1.29 is 9.59 Å². The first-order chi connectivity index (χ1) is 12.0. The van der Waals surface area contributed by atoms with Crippen molar-refractivity contribution >= 4 is 29.2 Å². The molecule has 0 saturated carbocycles. The Hall–Kier alpha value is -2.53. The average Bonchev–Trinajstić information content (AvgIpc) is 2.92. The molecule has 5 nitrogen and oxygen atoms in total. The number of halogens is 1.